The normalized spacial score (nSPS) is 26.2. The van der Waals surface area contributed by atoms with Crippen LogP contribution in [0.2, 0.25) is 0 Å². The zero-order valence-electron chi connectivity index (χ0n) is 8.32. The van der Waals surface area contributed by atoms with Gasteiger partial charge < -0.3 is 15.1 Å². The Kier molecular flexibility index (Phi) is 6.34. The molecule has 0 saturated carbocycles. The molecular weight excluding hydrogens is 154 g/mol. The van der Waals surface area contributed by atoms with Crippen molar-refractivity contribution in [3.8, 4) is 0 Å². The number of aliphatic hydroxyl groups excluding tert-OH is 2. The molecule has 0 radical (unpaired) electrons. The lowest BCUT2D eigenvalue weighted by Gasteiger charge is -2.23. The summed E-state index contributed by atoms with van der Waals surface area (Å²) in [6, 6.07) is 0.185. The fourth-order valence-electron chi connectivity index (χ4n) is 1.54. The van der Waals surface area contributed by atoms with Crippen molar-refractivity contribution in [3.63, 3.8) is 0 Å². The Hall–Kier alpha value is -0.120. The summed E-state index contributed by atoms with van der Waals surface area (Å²) >= 11 is 0. The standard InChI is InChI=1S/C7H15NO2.C2H6/c1-8-4-2-3-6(8)7(10)5-9;1-2/h6-7,9-10H,2-5H2,1H3;1-2H3. The highest BCUT2D eigenvalue weighted by Gasteiger charge is 2.26. The Morgan fingerprint density at radius 3 is 2.42 bits per heavy atom. The Morgan fingerprint density at radius 1 is 1.50 bits per heavy atom. The Morgan fingerprint density at radius 2 is 2.08 bits per heavy atom. The van der Waals surface area contributed by atoms with E-state index in [0.717, 1.165) is 19.4 Å². The summed E-state index contributed by atoms with van der Waals surface area (Å²) in [4.78, 5) is 2.10. The minimum absolute atomic E-state index is 0.116. The second-order valence-corrected chi connectivity index (χ2v) is 2.94. The molecule has 0 aromatic heterocycles. The van der Waals surface area contributed by atoms with E-state index in [9.17, 15) is 5.11 Å². The highest BCUT2D eigenvalue weighted by atomic mass is 16.3. The Balaban J connectivity index is 0.000000561. The van der Waals surface area contributed by atoms with Crippen molar-refractivity contribution in [2.45, 2.75) is 38.8 Å². The van der Waals surface area contributed by atoms with Gasteiger partial charge in [-0.1, -0.05) is 13.8 Å². The first-order valence-corrected chi connectivity index (χ1v) is 4.75. The maximum atomic E-state index is 9.24. The molecule has 1 aliphatic rings. The number of hydrogen-bond donors (Lipinski definition) is 2. The summed E-state index contributed by atoms with van der Waals surface area (Å²) in [6.07, 6.45) is 1.60. The fourth-order valence-corrected chi connectivity index (χ4v) is 1.54. The van der Waals surface area contributed by atoms with Crippen LogP contribution in [0.1, 0.15) is 26.7 Å². The van der Waals surface area contributed by atoms with Gasteiger partial charge in [-0.25, -0.2) is 0 Å². The summed E-state index contributed by atoms with van der Waals surface area (Å²) in [5, 5.41) is 17.9. The van der Waals surface area contributed by atoms with Crippen LogP contribution in [0.3, 0.4) is 0 Å². The number of nitrogens with zero attached hydrogens (tertiary/aromatic N) is 1. The molecule has 1 saturated heterocycles. The molecule has 3 nitrogen and oxygen atoms in total. The average Bonchev–Trinajstić information content (AvgIpc) is 2.54. The molecule has 0 spiro atoms. The topological polar surface area (TPSA) is 43.7 Å². The van der Waals surface area contributed by atoms with Crippen LogP contribution in [0, 0.1) is 0 Å². The zero-order valence-corrected chi connectivity index (χ0v) is 8.32. The van der Waals surface area contributed by atoms with Crippen LogP contribution in [0.25, 0.3) is 0 Å². The van der Waals surface area contributed by atoms with Gasteiger partial charge in [-0.05, 0) is 26.4 Å². The lowest BCUT2D eigenvalue weighted by Crippen LogP contribution is -2.38. The van der Waals surface area contributed by atoms with Crippen molar-refractivity contribution in [1.82, 2.24) is 4.90 Å². The second-order valence-electron chi connectivity index (χ2n) is 2.94. The number of likely N-dealkylation sites (tertiary alicyclic amines) is 1. The third-order valence-corrected chi connectivity index (χ3v) is 2.21. The fraction of sp³-hybridized carbons (Fsp3) is 1.00. The Bertz CT molecular complexity index is 109. The molecule has 0 aromatic carbocycles. The van der Waals surface area contributed by atoms with Gasteiger partial charge in [0.15, 0.2) is 0 Å². The largest absolute Gasteiger partial charge is 0.394 e. The van der Waals surface area contributed by atoms with Crippen molar-refractivity contribution in [2.75, 3.05) is 20.2 Å². The van der Waals surface area contributed by atoms with Gasteiger partial charge in [0.05, 0.1) is 12.7 Å². The summed E-state index contributed by atoms with van der Waals surface area (Å²) in [7, 11) is 1.98. The van der Waals surface area contributed by atoms with E-state index in [1.54, 1.807) is 0 Å². The first-order valence-electron chi connectivity index (χ1n) is 4.75. The van der Waals surface area contributed by atoms with Crippen LogP contribution < -0.4 is 0 Å². The minimum atomic E-state index is -0.549. The van der Waals surface area contributed by atoms with Gasteiger partial charge >= 0.3 is 0 Å². The van der Waals surface area contributed by atoms with E-state index in [-0.39, 0.29) is 12.6 Å². The van der Waals surface area contributed by atoms with Crippen molar-refractivity contribution < 1.29 is 10.2 Å². The van der Waals surface area contributed by atoms with Crippen LogP contribution in [0.5, 0.6) is 0 Å². The predicted molar refractivity (Wildman–Crippen MR) is 50.1 cm³/mol. The molecular formula is C9H21NO2. The molecule has 2 atom stereocenters. The molecule has 3 heteroatoms. The maximum absolute atomic E-state index is 9.24. The SMILES string of the molecule is CC.CN1CCCC1C(O)CO. The minimum Gasteiger partial charge on any atom is -0.394 e. The third kappa shape index (κ3) is 3.09. The average molecular weight is 175 g/mol. The van der Waals surface area contributed by atoms with Crippen molar-refractivity contribution in [3.05, 3.63) is 0 Å². The van der Waals surface area contributed by atoms with Gasteiger partial charge in [0, 0.05) is 6.04 Å². The zero-order chi connectivity index (χ0) is 9.56. The molecule has 0 aliphatic carbocycles. The second kappa shape index (κ2) is 6.40. The quantitative estimate of drug-likeness (QED) is 0.641. The summed E-state index contributed by atoms with van der Waals surface area (Å²) in [5.74, 6) is 0. The smallest absolute Gasteiger partial charge is 0.0925 e. The first kappa shape index (κ1) is 11.9. The number of likely N-dealkylation sites (N-methyl/N-ethyl adjacent to an activating group) is 1. The molecule has 1 fully saturated rings. The maximum Gasteiger partial charge on any atom is 0.0925 e. The summed E-state index contributed by atoms with van der Waals surface area (Å²) in [6.45, 7) is 4.93. The van der Waals surface area contributed by atoms with E-state index in [1.807, 2.05) is 20.9 Å². The lowest BCUT2D eigenvalue weighted by atomic mass is 10.1. The number of hydrogen-bond acceptors (Lipinski definition) is 3. The summed E-state index contributed by atoms with van der Waals surface area (Å²) < 4.78 is 0. The van der Waals surface area contributed by atoms with Gasteiger partial charge in [0.1, 0.15) is 0 Å². The van der Waals surface area contributed by atoms with E-state index in [1.165, 1.54) is 0 Å². The summed E-state index contributed by atoms with van der Waals surface area (Å²) in [5.41, 5.74) is 0. The number of rotatable bonds is 2. The van der Waals surface area contributed by atoms with Crippen LogP contribution in [0.15, 0.2) is 0 Å². The first-order chi connectivity index (χ1) is 5.75. The Labute approximate surface area is 75.0 Å². The molecule has 0 aromatic rings. The van der Waals surface area contributed by atoms with Gasteiger partial charge in [-0.15, -0.1) is 0 Å². The molecule has 2 unspecified atom stereocenters. The van der Waals surface area contributed by atoms with Crippen LogP contribution in [-0.4, -0.2) is 47.5 Å². The third-order valence-electron chi connectivity index (χ3n) is 2.21. The van der Waals surface area contributed by atoms with Gasteiger partial charge in [-0.3, -0.25) is 0 Å². The molecule has 0 amide bonds. The number of aliphatic hydroxyl groups is 2. The highest BCUT2D eigenvalue weighted by Crippen LogP contribution is 2.17. The van der Waals surface area contributed by atoms with Crippen LogP contribution >= 0.6 is 0 Å². The van der Waals surface area contributed by atoms with E-state index in [4.69, 9.17) is 5.11 Å². The molecule has 74 valence electrons. The highest BCUT2D eigenvalue weighted by molar-refractivity contribution is 4.81. The molecule has 12 heavy (non-hydrogen) atoms. The molecule has 0 bridgehead atoms. The lowest BCUT2D eigenvalue weighted by molar-refractivity contribution is 0.0356. The van der Waals surface area contributed by atoms with Gasteiger partial charge in [0.2, 0.25) is 0 Å². The van der Waals surface area contributed by atoms with Crippen LogP contribution in [-0.2, 0) is 0 Å². The molecule has 1 heterocycles. The van der Waals surface area contributed by atoms with Crippen molar-refractivity contribution in [1.29, 1.82) is 0 Å². The van der Waals surface area contributed by atoms with Crippen LogP contribution in [0.4, 0.5) is 0 Å². The van der Waals surface area contributed by atoms with Gasteiger partial charge in [0.25, 0.3) is 0 Å². The van der Waals surface area contributed by atoms with Crippen molar-refractivity contribution >= 4 is 0 Å². The van der Waals surface area contributed by atoms with Gasteiger partial charge in [-0.2, -0.15) is 0 Å². The van der Waals surface area contributed by atoms with E-state index >= 15 is 0 Å². The molecule has 1 aliphatic heterocycles. The predicted octanol–water partition coefficient (Wildman–Crippen LogP) is 0.460. The van der Waals surface area contributed by atoms with E-state index < -0.39 is 6.10 Å². The van der Waals surface area contributed by atoms with Crippen molar-refractivity contribution in [2.24, 2.45) is 0 Å². The molecule has 2 N–H and O–H groups in total. The van der Waals surface area contributed by atoms with E-state index in [0.29, 0.717) is 0 Å². The molecule has 1 rings (SSSR count). The monoisotopic (exact) mass is 175 g/mol. The van der Waals surface area contributed by atoms with E-state index in [2.05, 4.69) is 4.90 Å².